The molecule has 3 aromatic heterocycles. The highest BCUT2D eigenvalue weighted by Gasteiger charge is 2.07. The van der Waals surface area contributed by atoms with E-state index in [0.717, 1.165) is 38.7 Å². The van der Waals surface area contributed by atoms with Crippen molar-refractivity contribution in [2.24, 2.45) is 7.05 Å². The molecule has 0 radical (unpaired) electrons. The number of fused-ring (bicyclic) bond motifs is 1. The fourth-order valence-electron chi connectivity index (χ4n) is 2.79. The van der Waals surface area contributed by atoms with Crippen molar-refractivity contribution in [3.05, 3.63) is 66.9 Å². The molecule has 0 atom stereocenters. The summed E-state index contributed by atoms with van der Waals surface area (Å²) in [6, 6.07) is 10.7. The minimum absolute atomic E-state index is 0.921. The summed E-state index contributed by atoms with van der Waals surface area (Å²) in [7, 11) is 1.93. The predicted molar refractivity (Wildman–Crippen MR) is 103 cm³/mol. The van der Waals surface area contributed by atoms with Crippen molar-refractivity contribution in [2.75, 3.05) is 0 Å². The maximum atomic E-state index is 4.46. The van der Waals surface area contributed by atoms with Crippen LogP contribution in [-0.2, 0) is 7.05 Å². The van der Waals surface area contributed by atoms with E-state index in [1.54, 1.807) is 0 Å². The summed E-state index contributed by atoms with van der Waals surface area (Å²) in [6.07, 6.45) is 9.48. The lowest BCUT2D eigenvalue weighted by atomic mass is 10.00. The summed E-state index contributed by atoms with van der Waals surface area (Å²) < 4.78 is 1.81. The molecule has 4 nitrogen and oxygen atoms in total. The average molecular weight is 330 g/mol. The minimum atomic E-state index is 0.921. The second-order valence-corrected chi connectivity index (χ2v) is 5.75. The summed E-state index contributed by atoms with van der Waals surface area (Å²) in [5.41, 5.74) is 6.60. The van der Waals surface area contributed by atoms with Gasteiger partial charge in [0.2, 0.25) is 0 Å². The van der Waals surface area contributed by atoms with Crippen LogP contribution in [0.4, 0.5) is 0 Å². The quantitative estimate of drug-likeness (QED) is 0.517. The summed E-state index contributed by atoms with van der Waals surface area (Å²) >= 11 is 0. The molecule has 0 aliphatic heterocycles. The predicted octanol–water partition coefficient (Wildman–Crippen LogP) is 5.03. The molecule has 0 saturated carbocycles. The first kappa shape index (κ1) is 16.8. The highest BCUT2D eigenvalue weighted by atomic mass is 15.2. The van der Waals surface area contributed by atoms with Crippen molar-refractivity contribution >= 4 is 10.9 Å². The third-order valence-electron chi connectivity index (χ3n) is 3.98. The number of hydrogen-bond donors (Lipinski definition) is 0. The Morgan fingerprint density at radius 2 is 1.56 bits per heavy atom. The minimum Gasteiger partial charge on any atom is -0.275 e. The Kier molecular flexibility index (Phi) is 4.89. The Bertz CT molecular complexity index is 984. The monoisotopic (exact) mass is 330 g/mol. The van der Waals surface area contributed by atoms with E-state index in [-0.39, 0.29) is 0 Å². The van der Waals surface area contributed by atoms with Crippen LogP contribution in [0.3, 0.4) is 0 Å². The van der Waals surface area contributed by atoms with Gasteiger partial charge in [-0.1, -0.05) is 38.1 Å². The van der Waals surface area contributed by atoms with Crippen molar-refractivity contribution in [2.45, 2.75) is 20.8 Å². The van der Waals surface area contributed by atoms with Crippen LogP contribution in [0.2, 0.25) is 0 Å². The first-order chi connectivity index (χ1) is 12.2. The molecule has 4 rings (SSSR count). The Balaban J connectivity index is 0.000000880. The van der Waals surface area contributed by atoms with Crippen LogP contribution >= 0.6 is 0 Å². The zero-order valence-corrected chi connectivity index (χ0v) is 15.1. The van der Waals surface area contributed by atoms with E-state index in [0.29, 0.717) is 0 Å². The topological polar surface area (TPSA) is 43.6 Å². The van der Waals surface area contributed by atoms with Gasteiger partial charge in [-0.05, 0) is 29.7 Å². The van der Waals surface area contributed by atoms with Crippen molar-refractivity contribution in [1.29, 1.82) is 0 Å². The van der Waals surface area contributed by atoms with Gasteiger partial charge in [0.1, 0.15) is 0 Å². The molecule has 1 aromatic carbocycles. The fourth-order valence-corrected chi connectivity index (χ4v) is 2.79. The number of pyridine rings is 2. The van der Waals surface area contributed by atoms with E-state index in [1.807, 2.05) is 56.6 Å². The zero-order chi connectivity index (χ0) is 17.8. The lowest BCUT2D eigenvalue weighted by molar-refractivity contribution is 0.768. The van der Waals surface area contributed by atoms with Crippen LogP contribution in [0.25, 0.3) is 33.2 Å². The number of aromatic nitrogens is 4. The van der Waals surface area contributed by atoms with Gasteiger partial charge in [-0.15, -0.1) is 0 Å². The summed E-state index contributed by atoms with van der Waals surface area (Å²) in [4.78, 5) is 8.79. The van der Waals surface area contributed by atoms with Gasteiger partial charge in [-0.2, -0.15) is 5.10 Å². The molecule has 0 spiro atoms. The van der Waals surface area contributed by atoms with Crippen LogP contribution in [0.5, 0.6) is 0 Å². The molecule has 0 aliphatic carbocycles. The molecule has 0 saturated heterocycles. The van der Waals surface area contributed by atoms with Gasteiger partial charge >= 0.3 is 0 Å². The Hall–Kier alpha value is -3.01. The third kappa shape index (κ3) is 3.43. The molecule has 126 valence electrons. The summed E-state index contributed by atoms with van der Waals surface area (Å²) in [5, 5.41) is 5.36. The fraction of sp³-hybridized carbons (Fsp3) is 0.190. The van der Waals surface area contributed by atoms with Crippen molar-refractivity contribution < 1.29 is 0 Å². The van der Waals surface area contributed by atoms with E-state index in [4.69, 9.17) is 0 Å². The van der Waals surface area contributed by atoms with Crippen LogP contribution in [0.1, 0.15) is 19.4 Å². The SMILES string of the molecule is CC.Cc1cnc2cncc(-c3ccc(-c4cnn(C)c4)cc3)c2c1. The van der Waals surface area contributed by atoms with Crippen molar-refractivity contribution in [1.82, 2.24) is 19.7 Å². The largest absolute Gasteiger partial charge is 0.275 e. The first-order valence-electron chi connectivity index (χ1n) is 8.50. The number of benzene rings is 1. The molecule has 0 amide bonds. The second kappa shape index (κ2) is 7.26. The van der Waals surface area contributed by atoms with Gasteiger partial charge in [-0.25, -0.2) is 0 Å². The molecule has 0 N–H and O–H groups in total. The normalized spacial score (nSPS) is 10.4. The van der Waals surface area contributed by atoms with Gasteiger partial charge in [-0.3, -0.25) is 14.6 Å². The smallest absolute Gasteiger partial charge is 0.0891 e. The maximum absolute atomic E-state index is 4.46. The van der Waals surface area contributed by atoms with Crippen LogP contribution < -0.4 is 0 Å². The Morgan fingerprint density at radius 1 is 0.840 bits per heavy atom. The van der Waals surface area contributed by atoms with E-state index >= 15 is 0 Å². The van der Waals surface area contributed by atoms with E-state index in [1.165, 1.54) is 0 Å². The molecule has 3 heterocycles. The average Bonchev–Trinajstić information content (AvgIpc) is 3.09. The molecular weight excluding hydrogens is 308 g/mol. The Labute approximate surface area is 148 Å². The first-order valence-corrected chi connectivity index (χ1v) is 8.50. The zero-order valence-electron chi connectivity index (χ0n) is 15.1. The van der Waals surface area contributed by atoms with Gasteiger partial charge in [0.15, 0.2) is 0 Å². The lowest BCUT2D eigenvalue weighted by Crippen LogP contribution is -1.88. The second-order valence-electron chi connectivity index (χ2n) is 5.75. The standard InChI is InChI=1S/C19H16N4.C2H6/c1-13-7-17-18(10-20-11-19(17)21-8-13)15-5-3-14(4-6-15)16-9-22-23(2)12-16;1-2/h3-12H,1-2H3;1-2H3. The molecule has 0 aliphatic rings. The summed E-state index contributed by atoms with van der Waals surface area (Å²) in [5.74, 6) is 0. The van der Waals surface area contributed by atoms with Gasteiger partial charge < -0.3 is 0 Å². The molecule has 4 heteroatoms. The molecule has 0 fully saturated rings. The van der Waals surface area contributed by atoms with Gasteiger partial charge in [0.05, 0.1) is 17.9 Å². The van der Waals surface area contributed by atoms with Crippen LogP contribution in [0, 0.1) is 6.92 Å². The number of aryl methyl sites for hydroxylation is 2. The third-order valence-corrected chi connectivity index (χ3v) is 3.98. The van der Waals surface area contributed by atoms with E-state index in [9.17, 15) is 0 Å². The van der Waals surface area contributed by atoms with Crippen LogP contribution in [-0.4, -0.2) is 19.7 Å². The molecule has 0 unspecified atom stereocenters. The number of rotatable bonds is 2. The highest BCUT2D eigenvalue weighted by Crippen LogP contribution is 2.29. The molecule has 0 bridgehead atoms. The van der Waals surface area contributed by atoms with Crippen LogP contribution in [0.15, 0.2) is 61.3 Å². The summed E-state index contributed by atoms with van der Waals surface area (Å²) in [6.45, 7) is 6.06. The number of hydrogen-bond acceptors (Lipinski definition) is 3. The van der Waals surface area contributed by atoms with E-state index < -0.39 is 0 Å². The molecule has 4 aromatic rings. The molecular formula is C21H22N4. The Morgan fingerprint density at radius 3 is 2.24 bits per heavy atom. The highest BCUT2D eigenvalue weighted by molar-refractivity contribution is 5.94. The van der Waals surface area contributed by atoms with Gasteiger partial charge in [0, 0.05) is 42.2 Å². The van der Waals surface area contributed by atoms with E-state index in [2.05, 4.69) is 52.3 Å². The number of nitrogens with zero attached hydrogens (tertiary/aromatic N) is 4. The van der Waals surface area contributed by atoms with Crippen molar-refractivity contribution in [3.63, 3.8) is 0 Å². The van der Waals surface area contributed by atoms with Crippen molar-refractivity contribution in [3.8, 4) is 22.3 Å². The lowest BCUT2D eigenvalue weighted by Gasteiger charge is -2.07. The molecule has 25 heavy (non-hydrogen) atoms. The maximum Gasteiger partial charge on any atom is 0.0891 e. The van der Waals surface area contributed by atoms with Gasteiger partial charge in [0.25, 0.3) is 0 Å².